The number of nitrogens with zero attached hydrogens (tertiary/aromatic N) is 1. The second-order valence-corrected chi connectivity index (χ2v) is 6.75. The molecular formula is C12H8BrF3N2O4S. The third-order valence-electron chi connectivity index (χ3n) is 2.41. The van der Waals surface area contributed by atoms with E-state index in [0.29, 0.717) is 10.5 Å². The normalized spacial score (nSPS) is 12.0. The number of nitrogens with one attached hydrogen (secondary N) is 1. The SMILES string of the molecule is O=S(=O)(Nc1ncc(Br)cc1O)c1cccc(OC(F)(F)F)c1. The summed E-state index contributed by atoms with van der Waals surface area (Å²) < 4.78 is 66.9. The van der Waals surface area contributed by atoms with Gasteiger partial charge in [0.25, 0.3) is 10.0 Å². The van der Waals surface area contributed by atoms with Crippen molar-refractivity contribution < 1.29 is 31.4 Å². The van der Waals surface area contributed by atoms with Crippen LogP contribution in [0.3, 0.4) is 0 Å². The molecule has 0 unspecified atom stereocenters. The van der Waals surface area contributed by atoms with E-state index in [-0.39, 0.29) is 5.82 Å². The molecule has 0 aliphatic carbocycles. The summed E-state index contributed by atoms with van der Waals surface area (Å²) in [6.07, 6.45) is -3.71. The Hall–Kier alpha value is -2.01. The molecule has 2 rings (SSSR count). The highest BCUT2D eigenvalue weighted by atomic mass is 79.9. The average Bonchev–Trinajstić information content (AvgIpc) is 2.40. The summed E-state index contributed by atoms with van der Waals surface area (Å²) in [7, 11) is -4.26. The highest BCUT2D eigenvalue weighted by molar-refractivity contribution is 9.10. The Morgan fingerprint density at radius 1 is 1.26 bits per heavy atom. The standard InChI is InChI=1S/C12H8BrF3N2O4S/c13-7-4-10(19)11(17-6-7)18-23(20,21)9-3-1-2-8(5-9)22-12(14,15)16/h1-6,19H,(H,17,18). The molecular weight excluding hydrogens is 405 g/mol. The molecule has 1 heterocycles. The molecule has 0 bridgehead atoms. The van der Waals surface area contributed by atoms with Crippen LogP contribution in [0.5, 0.6) is 11.5 Å². The molecule has 1 aromatic heterocycles. The summed E-state index contributed by atoms with van der Waals surface area (Å²) in [6.45, 7) is 0. The van der Waals surface area contributed by atoms with E-state index in [9.17, 15) is 26.7 Å². The largest absolute Gasteiger partial charge is 0.573 e. The van der Waals surface area contributed by atoms with Crippen molar-refractivity contribution in [3.05, 3.63) is 41.0 Å². The van der Waals surface area contributed by atoms with Crippen molar-refractivity contribution in [1.29, 1.82) is 0 Å². The van der Waals surface area contributed by atoms with Crippen LogP contribution in [-0.2, 0) is 10.0 Å². The molecule has 11 heteroatoms. The zero-order valence-corrected chi connectivity index (χ0v) is 13.4. The van der Waals surface area contributed by atoms with Crippen LogP contribution >= 0.6 is 15.9 Å². The predicted octanol–water partition coefficient (Wildman–Crippen LogP) is 3.25. The molecule has 2 aromatic rings. The molecule has 0 aliphatic heterocycles. The van der Waals surface area contributed by atoms with E-state index in [1.165, 1.54) is 12.3 Å². The molecule has 23 heavy (non-hydrogen) atoms. The Balaban J connectivity index is 2.31. The van der Waals surface area contributed by atoms with Gasteiger partial charge in [0.05, 0.1) is 4.90 Å². The number of pyridine rings is 1. The van der Waals surface area contributed by atoms with Crippen LogP contribution in [0.4, 0.5) is 19.0 Å². The monoisotopic (exact) mass is 412 g/mol. The highest BCUT2D eigenvalue weighted by Gasteiger charge is 2.31. The van der Waals surface area contributed by atoms with Crippen LogP contribution in [0.1, 0.15) is 0 Å². The van der Waals surface area contributed by atoms with Crippen molar-refractivity contribution in [2.45, 2.75) is 11.3 Å². The van der Waals surface area contributed by atoms with Crippen molar-refractivity contribution in [1.82, 2.24) is 4.98 Å². The fourth-order valence-electron chi connectivity index (χ4n) is 1.53. The third-order valence-corrected chi connectivity index (χ3v) is 4.18. The van der Waals surface area contributed by atoms with Gasteiger partial charge in [0, 0.05) is 16.7 Å². The van der Waals surface area contributed by atoms with Gasteiger partial charge in [-0.1, -0.05) is 6.07 Å². The van der Waals surface area contributed by atoms with E-state index in [2.05, 4.69) is 25.7 Å². The molecule has 0 atom stereocenters. The number of hydrogen-bond donors (Lipinski definition) is 2. The van der Waals surface area contributed by atoms with Crippen LogP contribution in [0.2, 0.25) is 0 Å². The average molecular weight is 413 g/mol. The third kappa shape index (κ3) is 4.73. The number of rotatable bonds is 4. The van der Waals surface area contributed by atoms with E-state index < -0.39 is 32.8 Å². The van der Waals surface area contributed by atoms with Gasteiger partial charge in [-0.05, 0) is 34.1 Å². The van der Waals surface area contributed by atoms with Gasteiger partial charge >= 0.3 is 6.36 Å². The summed E-state index contributed by atoms with van der Waals surface area (Å²) in [5, 5.41) is 9.62. The van der Waals surface area contributed by atoms with Crippen LogP contribution in [-0.4, -0.2) is 24.9 Å². The Morgan fingerprint density at radius 3 is 2.57 bits per heavy atom. The molecule has 6 nitrogen and oxygen atoms in total. The molecule has 0 fully saturated rings. The van der Waals surface area contributed by atoms with Crippen molar-refractivity contribution in [3.63, 3.8) is 0 Å². The lowest BCUT2D eigenvalue weighted by Crippen LogP contribution is -2.18. The van der Waals surface area contributed by atoms with Gasteiger partial charge in [0.15, 0.2) is 11.6 Å². The molecule has 0 amide bonds. The van der Waals surface area contributed by atoms with E-state index >= 15 is 0 Å². The smallest absolute Gasteiger partial charge is 0.504 e. The van der Waals surface area contributed by atoms with Crippen molar-refractivity contribution in [3.8, 4) is 11.5 Å². The lowest BCUT2D eigenvalue weighted by molar-refractivity contribution is -0.274. The number of benzene rings is 1. The Kier molecular flexibility index (Phi) is 4.71. The Labute approximate surface area is 137 Å². The number of hydrogen-bond acceptors (Lipinski definition) is 5. The first kappa shape index (κ1) is 17.3. The zero-order valence-electron chi connectivity index (χ0n) is 11.0. The van der Waals surface area contributed by atoms with Crippen molar-refractivity contribution >= 4 is 31.8 Å². The van der Waals surface area contributed by atoms with E-state index in [1.54, 1.807) is 0 Å². The maximum Gasteiger partial charge on any atom is 0.573 e. The first-order valence-electron chi connectivity index (χ1n) is 5.80. The van der Waals surface area contributed by atoms with Gasteiger partial charge in [0.2, 0.25) is 0 Å². The van der Waals surface area contributed by atoms with Crippen LogP contribution in [0.25, 0.3) is 0 Å². The van der Waals surface area contributed by atoms with Crippen LogP contribution < -0.4 is 9.46 Å². The second-order valence-electron chi connectivity index (χ2n) is 4.15. The van der Waals surface area contributed by atoms with Gasteiger partial charge in [-0.2, -0.15) is 0 Å². The molecule has 1 aromatic carbocycles. The summed E-state index contributed by atoms with van der Waals surface area (Å²) >= 11 is 3.04. The second kappa shape index (κ2) is 6.24. The van der Waals surface area contributed by atoms with Crippen LogP contribution in [0.15, 0.2) is 45.9 Å². The lowest BCUT2D eigenvalue weighted by atomic mass is 10.3. The van der Waals surface area contributed by atoms with Crippen molar-refractivity contribution in [2.75, 3.05) is 4.72 Å². The molecule has 0 spiro atoms. The molecule has 124 valence electrons. The summed E-state index contributed by atoms with van der Waals surface area (Å²) in [4.78, 5) is 3.19. The maximum atomic E-state index is 12.2. The quantitative estimate of drug-likeness (QED) is 0.804. The van der Waals surface area contributed by atoms with E-state index in [1.807, 2.05) is 4.72 Å². The number of anilines is 1. The maximum absolute atomic E-state index is 12.2. The molecule has 0 saturated heterocycles. The summed E-state index contributed by atoms with van der Waals surface area (Å²) in [6, 6.07) is 5.02. The lowest BCUT2D eigenvalue weighted by Gasteiger charge is -2.11. The molecule has 2 N–H and O–H groups in total. The Bertz CT molecular complexity index is 827. The predicted molar refractivity (Wildman–Crippen MR) is 77.5 cm³/mol. The minimum atomic E-state index is -4.94. The number of ether oxygens (including phenoxy) is 1. The molecule has 0 saturated carbocycles. The van der Waals surface area contributed by atoms with Gasteiger partial charge in [0.1, 0.15) is 5.75 Å². The number of alkyl halides is 3. The van der Waals surface area contributed by atoms with Gasteiger partial charge in [-0.25, -0.2) is 13.4 Å². The van der Waals surface area contributed by atoms with Gasteiger partial charge < -0.3 is 9.84 Å². The number of sulfonamides is 1. The number of halogens is 4. The summed E-state index contributed by atoms with van der Waals surface area (Å²) in [5.41, 5.74) is 0. The van der Waals surface area contributed by atoms with Crippen LogP contribution in [0, 0.1) is 0 Å². The first-order chi connectivity index (χ1) is 10.6. The Morgan fingerprint density at radius 2 is 1.96 bits per heavy atom. The van der Waals surface area contributed by atoms with E-state index in [0.717, 1.165) is 18.2 Å². The van der Waals surface area contributed by atoms with Gasteiger partial charge in [-0.3, -0.25) is 4.72 Å². The molecule has 0 aliphatic rings. The minimum Gasteiger partial charge on any atom is -0.504 e. The number of aromatic nitrogens is 1. The zero-order chi connectivity index (χ0) is 17.3. The number of aromatic hydroxyl groups is 1. The fourth-order valence-corrected chi connectivity index (χ4v) is 2.91. The van der Waals surface area contributed by atoms with E-state index in [4.69, 9.17) is 0 Å². The first-order valence-corrected chi connectivity index (χ1v) is 8.07. The van der Waals surface area contributed by atoms with Crippen molar-refractivity contribution in [2.24, 2.45) is 0 Å². The minimum absolute atomic E-state index is 0.365. The van der Waals surface area contributed by atoms with Gasteiger partial charge in [-0.15, -0.1) is 13.2 Å². The highest BCUT2D eigenvalue weighted by Crippen LogP contribution is 2.28. The summed E-state index contributed by atoms with van der Waals surface area (Å²) in [5.74, 6) is -1.51. The fraction of sp³-hybridized carbons (Fsp3) is 0.0833. The topological polar surface area (TPSA) is 88.5 Å². The molecule has 0 radical (unpaired) electrons.